The molecule has 0 fully saturated rings. The van der Waals surface area contributed by atoms with Crippen LogP contribution in [0.5, 0.6) is 5.88 Å². The molecule has 0 amide bonds. The number of nitrogens with zero attached hydrogens (tertiary/aromatic N) is 3. The molecule has 15 heavy (non-hydrogen) atoms. The largest absolute Gasteiger partial charge is 0.477 e. The summed E-state index contributed by atoms with van der Waals surface area (Å²) in [6, 6.07) is 1.55. The summed E-state index contributed by atoms with van der Waals surface area (Å²) in [5.41, 5.74) is 5.83. The van der Waals surface area contributed by atoms with Crippen LogP contribution >= 0.6 is 0 Å². The highest BCUT2D eigenvalue weighted by Gasteiger charge is 2.03. The molecule has 0 atom stereocenters. The Balaban J connectivity index is 3.06. The third-order valence-corrected chi connectivity index (χ3v) is 1.69. The molecule has 0 aliphatic carbocycles. The van der Waals surface area contributed by atoms with Crippen LogP contribution < -0.4 is 16.0 Å². The summed E-state index contributed by atoms with van der Waals surface area (Å²) in [7, 11) is 0. The van der Waals surface area contributed by atoms with Crippen molar-refractivity contribution >= 4 is 5.95 Å². The lowest BCUT2D eigenvalue weighted by Crippen LogP contribution is -2.23. The number of hydrogen-bond donors (Lipinski definition) is 2. The van der Waals surface area contributed by atoms with Gasteiger partial charge in [-0.2, -0.15) is 4.98 Å². The van der Waals surface area contributed by atoms with E-state index in [-0.39, 0.29) is 5.95 Å². The number of nitrogen functional groups attached to an aromatic ring is 1. The van der Waals surface area contributed by atoms with Crippen molar-refractivity contribution in [1.29, 1.82) is 0 Å². The van der Waals surface area contributed by atoms with Crippen LogP contribution in [0, 0.1) is 0 Å². The van der Waals surface area contributed by atoms with E-state index in [1.807, 2.05) is 13.8 Å². The predicted octanol–water partition coefficient (Wildman–Crippen LogP) is 0.412. The zero-order valence-electron chi connectivity index (χ0n) is 8.97. The van der Waals surface area contributed by atoms with Crippen molar-refractivity contribution in [2.24, 2.45) is 4.99 Å². The van der Waals surface area contributed by atoms with Crippen molar-refractivity contribution in [1.82, 2.24) is 9.71 Å². The highest BCUT2D eigenvalue weighted by atomic mass is 16.5. The summed E-state index contributed by atoms with van der Waals surface area (Å²) in [5.74, 6) is 0.350. The highest BCUT2D eigenvalue weighted by molar-refractivity contribution is 5.21. The standard InChI is InChI=1S/C9H16N4O2/c1-3-5-15-8-6-7(11-4-2)13(14)9(10)12-8/h6,14H,3-5H2,1-2H3,(H2,10,12). The van der Waals surface area contributed by atoms with Gasteiger partial charge in [0.1, 0.15) is 0 Å². The summed E-state index contributed by atoms with van der Waals surface area (Å²) in [6.45, 7) is 4.98. The molecule has 0 aromatic carbocycles. The molecule has 6 nitrogen and oxygen atoms in total. The molecular weight excluding hydrogens is 196 g/mol. The van der Waals surface area contributed by atoms with E-state index in [9.17, 15) is 5.21 Å². The van der Waals surface area contributed by atoms with Crippen molar-refractivity contribution in [2.75, 3.05) is 18.9 Å². The van der Waals surface area contributed by atoms with Crippen molar-refractivity contribution in [2.45, 2.75) is 20.3 Å². The Labute approximate surface area is 88.0 Å². The van der Waals surface area contributed by atoms with Crippen molar-refractivity contribution < 1.29 is 9.94 Å². The molecule has 1 aromatic heterocycles. The topological polar surface area (TPSA) is 85.7 Å². The Morgan fingerprint density at radius 1 is 1.60 bits per heavy atom. The highest BCUT2D eigenvalue weighted by Crippen LogP contribution is 2.04. The molecule has 0 saturated heterocycles. The van der Waals surface area contributed by atoms with E-state index < -0.39 is 0 Å². The average molecular weight is 212 g/mol. The zero-order valence-corrected chi connectivity index (χ0v) is 8.97. The van der Waals surface area contributed by atoms with Gasteiger partial charge >= 0.3 is 0 Å². The van der Waals surface area contributed by atoms with Crippen LogP contribution in [0.3, 0.4) is 0 Å². The van der Waals surface area contributed by atoms with Gasteiger partial charge in [0.2, 0.25) is 11.8 Å². The molecule has 0 unspecified atom stereocenters. The Bertz CT molecular complexity index is 386. The van der Waals surface area contributed by atoms with Gasteiger partial charge < -0.3 is 15.7 Å². The fourth-order valence-corrected chi connectivity index (χ4v) is 1.04. The van der Waals surface area contributed by atoms with Gasteiger partial charge in [0, 0.05) is 12.6 Å². The third-order valence-electron chi connectivity index (χ3n) is 1.69. The third kappa shape index (κ3) is 2.87. The second-order valence-corrected chi connectivity index (χ2v) is 2.95. The molecule has 1 rings (SSSR count). The van der Waals surface area contributed by atoms with E-state index in [1.54, 1.807) is 6.07 Å². The molecule has 1 aromatic rings. The van der Waals surface area contributed by atoms with E-state index in [1.165, 1.54) is 0 Å². The first kappa shape index (κ1) is 11.4. The van der Waals surface area contributed by atoms with Gasteiger partial charge in [0.05, 0.1) is 6.61 Å². The smallest absolute Gasteiger partial charge is 0.239 e. The van der Waals surface area contributed by atoms with E-state index in [4.69, 9.17) is 10.5 Å². The summed E-state index contributed by atoms with van der Waals surface area (Å²) >= 11 is 0. The van der Waals surface area contributed by atoms with Crippen molar-refractivity contribution in [3.63, 3.8) is 0 Å². The minimum Gasteiger partial charge on any atom is -0.477 e. The van der Waals surface area contributed by atoms with Crippen LogP contribution in [-0.2, 0) is 0 Å². The Hall–Kier alpha value is -1.72. The monoisotopic (exact) mass is 212 g/mol. The molecule has 1 heterocycles. The summed E-state index contributed by atoms with van der Waals surface area (Å²) in [5, 5.41) is 9.46. The van der Waals surface area contributed by atoms with Crippen molar-refractivity contribution in [3.05, 3.63) is 11.6 Å². The number of rotatable bonds is 4. The molecule has 0 radical (unpaired) electrons. The fourth-order valence-electron chi connectivity index (χ4n) is 1.04. The number of ether oxygens (including phenoxy) is 1. The van der Waals surface area contributed by atoms with Crippen LogP contribution in [0.1, 0.15) is 20.3 Å². The maximum absolute atomic E-state index is 9.46. The van der Waals surface area contributed by atoms with Gasteiger partial charge in [0.15, 0.2) is 5.49 Å². The second kappa shape index (κ2) is 5.23. The molecule has 3 N–H and O–H groups in total. The Morgan fingerprint density at radius 2 is 2.33 bits per heavy atom. The minimum atomic E-state index is -0.0317. The number of aromatic nitrogens is 2. The first-order valence-corrected chi connectivity index (χ1v) is 4.91. The number of nitrogens with two attached hydrogens (primary N) is 1. The quantitative estimate of drug-likeness (QED) is 0.708. The SMILES string of the molecule is CCCOc1cc(=NCC)n(O)c(N)n1. The first-order chi connectivity index (χ1) is 7.19. The summed E-state index contributed by atoms with van der Waals surface area (Å²) < 4.78 is 6.04. The van der Waals surface area contributed by atoms with E-state index >= 15 is 0 Å². The van der Waals surface area contributed by atoms with Gasteiger partial charge in [-0.3, -0.25) is 4.99 Å². The lowest BCUT2D eigenvalue weighted by molar-refractivity contribution is 0.172. The first-order valence-electron chi connectivity index (χ1n) is 4.91. The fraction of sp³-hybridized carbons (Fsp3) is 0.556. The van der Waals surface area contributed by atoms with Gasteiger partial charge in [-0.25, -0.2) is 0 Å². The lowest BCUT2D eigenvalue weighted by atomic mass is 10.5. The van der Waals surface area contributed by atoms with Crippen LogP contribution in [0.2, 0.25) is 0 Å². The van der Waals surface area contributed by atoms with Gasteiger partial charge in [-0.15, -0.1) is 4.73 Å². The number of hydrogen-bond acceptors (Lipinski definition) is 5. The maximum Gasteiger partial charge on any atom is 0.239 e. The zero-order chi connectivity index (χ0) is 11.3. The van der Waals surface area contributed by atoms with Crippen LogP contribution in [0.15, 0.2) is 11.1 Å². The maximum atomic E-state index is 9.46. The summed E-state index contributed by atoms with van der Waals surface area (Å²) in [4.78, 5) is 7.91. The van der Waals surface area contributed by atoms with Crippen LogP contribution in [0.25, 0.3) is 0 Å². The van der Waals surface area contributed by atoms with Gasteiger partial charge in [0.25, 0.3) is 0 Å². The van der Waals surface area contributed by atoms with Crippen molar-refractivity contribution in [3.8, 4) is 5.88 Å². The normalized spacial score (nSPS) is 11.7. The molecule has 0 spiro atoms. The Morgan fingerprint density at radius 3 is 2.93 bits per heavy atom. The second-order valence-electron chi connectivity index (χ2n) is 2.95. The molecular formula is C9H16N4O2. The summed E-state index contributed by atoms with van der Waals surface area (Å²) in [6.07, 6.45) is 0.885. The molecule has 6 heteroatoms. The van der Waals surface area contributed by atoms with Gasteiger partial charge in [-0.1, -0.05) is 6.92 Å². The molecule has 84 valence electrons. The van der Waals surface area contributed by atoms with Crippen LogP contribution in [0.4, 0.5) is 5.95 Å². The average Bonchev–Trinajstić information content (AvgIpc) is 2.22. The predicted molar refractivity (Wildman–Crippen MR) is 55.7 cm³/mol. The van der Waals surface area contributed by atoms with E-state index in [0.29, 0.717) is 24.5 Å². The number of anilines is 1. The van der Waals surface area contributed by atoms with Gasteiger partial charge in [-0.05, 0) is 13.3 Å². The van der Waals surface area contributed by atoms with Crippen LogP contribution in [-0.4, -0.2) is 28.1 Å². The minimum absolute atomic E-state index is 0.0317. The molecule has 0 aliphatic heterocycles. The molecule has 0 aliphatic rings. The lowest BCUT2D eigenvalue weighted by Gasteiger charge is -2.06. The van der Waals surface area contributed by atoms with E-state index in [0.717, 1.165) is 11.2 Å². The molecule has 0 bridgehead atoms. The molecule has 0 saturated carbocycles. The Kier molecular flexibility index (Phi) is 3.96. The van der Waals surface area contributed by atoms with E-state index in [2.05, 4.69) is 9.98 Å².